The van der Waals surface area contributed by atoms with Gasteiger partial charge in [-0.25, -0.2) is 0 Å². The molecule has 1 rings (SSSR count). The summed E-state index contributed by atoms with van der Waals surface area (Å²) in [5, 5.41) is 3.66. The summed E-state index contributed by atoms with van der Waals surface area (Å²) in [5.41, 5.74) is 4.21. The molecule has 1 N–H and O–H groups in total. The van der Waals surface area contributed by atoms with Crippen LogP contribution in [0, 0.1) is 13.8 Å². The van der Waals surface area contributed by atoms with Crippen LogP contribution in [0.1, 0.15) is 49.8 Å². The highest BCUT2D eigenvalue weighted by atomic mass is 16.5. The smallest absolute Gasteiger partial charge is 0.0480 e. The van der Waals surface area contributed by atoms with E-state index in [1.807, 2.05) is 0 Å². The highest BCUT2D eigenvalue weighted by molar-refractivity contribution is 5.31. The SMILES string of the molecule is CCCNC(CCOCCC)Cc1cc(C)ccc1C. The van der Waals surface area contributed by atoms with Crippen molar-refractivity contribution >= 4 is 0 Å². The Bertz CT molecular complexity index is 376. The Morgan fingerprint density at radius 1 is 1.10 bits per heavy atom. The fourth-order valence-corrected chi connectivity index (χ4v) is 2.38. The van der Waals surface area contributed by atoms with E-state index in [0.29, 0.717) is 6.04 Å². The maximum atomic E-state index is 5.64. The molecule has 2 heteroatoms. The van der Waals surface area contributed by atoms with Crippen LogP contribution in [0.3, 0.4) is 0 Å². The predicted octanol–water partition coefficient (Wildman–Crippen LogP) is 4.03. The number of hydrogen-bond acceptors (Lipinski definition) is 2. The third-order valence-corrected chi connectivity index (χ3v) is 3.61. The van der Waals surface area contributed by atoms with Gasteiger partial charge in [0.2, 0.25) is 0 Å². The van der Waals surface area contributed by atoms with E-state index in [1.165, 1.54) is 23.1 Å². The van der Waals surface area contributed by atoms with E-state index in [9.17, 15) is 0 Å². The summed E-state index contributed by atoms with van der Waals surface area (Å²) in [5.74, 6) is 0. The van der Waals surface area contributed by atoms with E-state index < -0.39 is 0 Å². The van der Waals surface area contributed by atoms with Gasteiger partial charge >= 0.3 is 0 Å². The number of benzene rings is 1. The van der Waals surface area contributed by atoms with E-state index in [-0.39, 0.29) is 0 Å². The highest BCUT2D eigenvalue weighted by Gasteiger charge is 2.10. The van der Waals surface area contributed by atoms with Crippen molar-refractivity contribution in [1.82, 2.24) is 5.32 Å². The van der Waals surface area contributed by atoms with E-state index >= 15 is 0 Å². The zero-order chi connectivity index (χ0) is 14.8. The first-order valence-corrected chi connectivity index (χ1v) is 8.04. The zero-order valence-corrected chi connectivity index (χ0v) is 13.7. The average molecular weight is 277 g/mol. The van der Waals surface area contributed by atoms with Crippen LogP contribution in [0.5, 0.6) is 0 Å². The molecule has 1 aromatic carbocycles. The minimum atomic E-state index is 0.521. The monoisotopic (exact) mass is 277 g/mol. The second-order valence-electron chi connectivity index (χ2n) is 5.69. The predicted molar refractivity (Wildman–Crippen MR) is 87.4 cm³/mol. The molecule has 2 nitrogen and oxygen atoms in total. The van der Waals surface area contributed by atoms with E-state index in [1.54, 1.807) is 0 Å². The first-order chi connectivity index (χ1) is 9.67. The molecule has 0 spiro atoms. The summed E-state index contributed by atoms with van der Waals surface area (Å²) in [4.78, 5) is 0. The fraction of sp³-hybridized carbons (Fsp3) is 0.667. The molecule has 114 valence electrons. The lowest BCUT2D eigenvalue weighted by Gasteiger charge is -2.20. The van der Waals surface area contributed by atoms with Gasteiger partial charge in [-0.3, -0.25) is 0 Å². The summed E-state index contributed by atoms with van der Waals surface area (Å²) in [7, 11) is 0. The molecule has 0 radical (unpaired) electrons. The Hall–Kier alpha value is -0.860. The Balaban J connectivity index is 2.55. The lowest BCUT2D eigenvalue weighted by atomic mass is 9.97. The zero-order valence-electron chi connectivity index (χ0n) is 13.7. The van der Waals surface area contributed by atoms with Crippen LogP contribution in [-0.2, 0) is 11.2 Å². The quantitative estimate of drug-likeness (QED) is 0.652. The summed E-state index contributed by atoms with van der Waals surface area (Å²) in [6.07, 6.45) is 4.47. The van der Waals surface area contributed by atoms with Crippen LogP contribution in [0.15, 0.2) is 18.2 Å². The van der Waals surface area contributed by atoms with Gasteiger partial charge in [0.1, 0.15) is 0 Å². The van der Waals surface area contributed by atoms with Crippen molar-refractivity contribution in [3.05, 3.63) is 34.9 Å². The first-order valence-electron chi connectivity index (χ1n) is 8.04. The second-order valence-corrected chi connectivity index (χ2v) is 5.69. The van der Waals surface area contributed by atoms with Gasteiger partial charge in [-0.15, -0.1) is 0 Å². The van der Waals surface area contributed by atoms with Crippen molar-refractivity contribution in [3.63, 3.8) is 0 Å². The third-order valence-electron chi connectivity index (χ3n) is 3.61. The topological polar surface area (TPSA) is 21.3 Å². The molecule has 0 aliphatic carbocycles. The van der Waals surface area contributed by atoms with Crippen LogP contribution < -0.4 is 5.32 Å². The van der Waals surface area contributed by atoms with E-state index in [0.717, 1.165) is 39.0 Å². The maximum absolute atomic E-state index is 5.64. The molecule has 1 unspecified atom stereocenters. The minimum Gasteiger partial charge on any atom is -0.381 e. The lowest BCUT2D eigenvalue weighted by Crippen LogP contribution is -2.33. The Labute approximate surface area is 124 Å². The van der Waals surface area contributed by atoms with Crippen molar-refractivity contribution in [3.8, 4) is 0 Å². The highest BCUT2D eigenvalue weighted by Crippen LogP contribution is 2.14. The molecule has 1 atom stereocenters. The van der Waals surface area contributed by atoms with Gasteiger partial charge in [-0.2, -0.15) is 0 Å². The van der Waals surface area contributed by atoms with Gasteiger partial charge in [-0.1, -0.05) is 37.6 Å². The summed E-state index contributed by atoms with van der Waals surface area (Å²) < 4.78 is 5.64. The molecule has 0 aliphatic heterocycles. The molecule has 0 fully saturated rings. The van der Waals surface area contributed by atoms with Gasteiger partial charge in [-0.05, 0) is 57.2 Å². The lowest BCUT2D eigenvalue weighted by molar-refractivity contribution is 0.124. The summed E-state index contributed by atoms with van der Waals surface area (Å²) in [6.45, 7) is 11.6. The Morgan fingerprint density at radius 3 is 2.60 bits per heavy atom. The van der Waals surface area contributed by atoms with Crippen molar-refractivity contribution in [2.75, 3.05) is 19.8 Å². The molecule has 1 aromatic rings. The molecular weight excluding hydrogens is 246 g/mol. The number of hydrogen-bond donors (Lipinski definition) is 1. The van der Waals surface area contributed by atoms with Crippen LogP contribution in [0.2, 0.25) is 0 Å². The standard InChI is InChI=1S/C18H31NO/c1-5-10-19-18(9-12-20-11-6-2)14-17-13-15(3)7-8-16(17)4/h7-8,13,18-19H,5-6,9-12,14H2,1-4H3. The van der Waals surface area contributed by atoms with Crippen molar-refractivity contribution in [2.24, 2.45) is 0 Å². The summed E-state index contributed by atoms with van der Waals surface area (Å²) in [6, 6.07) is 7.27. The maximum Gasteiger partial charge on any atom is 0.0480 e. The number of nitrogens with one attached hydrogen (secondary N) is 1. The van der Waals surface area contributed by atoms with E-state index in [2.05, 4.69) is 51.2 Å². The van der Waals surface area contributed by atoms with Crippen molar-refractivity contribution in [1.29, 1.82) is 0 Å². The molecule has 0 saturated heterocycles. The fourth-order valence-electron chi connectivity index (χ4n) is 2.38. The normalized spacial score (nSPS) is 12.6. The number of rotatable bonds is 10. The average Bonchev–Trinajstić information content (AvgIpc) is 2.44. The van der Waals surface area contributed by atoms with Gasteiger partial charge in [0.15, 0.2) is 0 Å². The van der Waals surface area contributed by atoms with Gasteiger partial charge in [0, 0.05) is 19.3 Å². The van der Waals surface area contributed by atoms with Crippen LogP contribution >= 0.6 is 0 Å². The molecule has 0 aromatic heterocycles. The Kier molecular flexibility index (Phi) is 8.56. The van der Waals surface area contributed by atoms with E-state index in [4.69, 9.17) is 4.74 Å². The van der Waals surface area contributed by atoms with Gasteiger partial charge in [0.05, 0.1) is 0 Å². The molecule has 0 saturated carbocycles. The molecule has 0 amide bonds. The van der Waals surface area contributed by atoms with Gasteiger partial charge in [0.25, 0.3) is 0 Å². The summed E-state index contributed by atoms with van der Waals surface area (Å²) >= 11 is 0. The largest absolute Gasteiger partial charge is 0.381 e. The number of aryl methyl sites for hydroxylation is 2. The molecular formula is C18H31NO. The van der Waals surface area contributed by atoms with Crippen LogP contribution in [0.4, 0.5) is 0 Å². The Morgan fingerprint density at radius 2 is 1.90 bits per heavy atom. The molecule has 0 bridgehead atoms. The van der Waals surface area contributed by atoms with Gasteiger partial charge < -0.3 is 10.1 Å². The minimum absolute atomic E-state index is 0.521. The molecule has 20 heavy (non-hydrogen) atoms. The van der Waals surface area contributed by atoms with Crippen molar-refractivity contribution in [2.45, 2.75) is 59.4 Å². The second kappa shape index (κ2) is 9.95. The third kappa shape index (κ3) is 6.53. The van der Waals surface area contributed by atoms with Crippen LogP contribution in [0.25, 0.3) is 0 Å². The first kappa shape index (κ1) is 17.2. The number of ether oxygens (including phenoxy) is 1. The van der Waals surface area contributed by atoms with Crippen molar-refractivity contribution < 1.29 is 4.74 Å². The molecule has 0 aliphatic rings. The molecule has 0 heterocycles. The van der Waals surface area contributed by atoms with Crippen LogP contribution in [-0.4, -0.2) is 25.8 Å².